The molecule has 1 amide bonds. The van der Waals surface area contributed by atoms with E-state index < -0.39 is 5.54 Å². The third kappa shape index (κ3) is 4.28. The summed E-state index contributed by atoms with van der Waals surface area (Å²) in [5.74, 6) is 0.113. The van der Waals surface area contributed by atoms with Crippen molar-refractivity contribution < 1.29 is 4.79 Å². The largest absolute Gasteiger partial charge is 0.350 e. The number of rotatable bonds is 5. The highest BCUT2D eigenvalue weighted by atomic mass is 16.2. The first-order valence-corrected chi connectivity index (χ1v) is 6.78. The van der Waals surface area contributed by atoms with Crippen molar-refractivity contribution in [2.75, 3.05) is 26.2 Å². The molecule has 1 aliphatic heterocycles. The SMILES string of the molecule is CCNC(C)(C)C(=O)NC1CCCN(CC)C1. The lowest BCUT2D eigenvalue weighted by atomic mass is 10.0. The summed E-state index contributed by atoms with van der Waals surface area (Å²) in [4.78, 5) is 14.5. The van der Waals surface area contributed by atoms with E-state index in [-0.39, 0.29) is 5.91 Å². The maximum atomic E-state index is 12.1. The molecule has 1 unspecified atom stereocenters. The summed E-state index contributed by atoms with van der Waals surface area (Å²) in [6.45, 7) is 12.1. The molecule has 17 heavy (non-hydrogen) atoms. The van der Waals surface area contributed by atoms with E-state index in [1.54, 1.807) is 0 Å². The molecule has 0 aromatic rings. The molecule has 2 N–H and O–H groups in total. The zero-order valence-electron chi connectivity index (χ0n) is 11.7. The Morgan fingerprint density at radius 2 is 2.12 bits per heavy atom. The highest BCUT2D eigenvalue weighted by Crippen LogP contribution is 2.11. The fourth-order valence-corrected chi connectivity index (χ4v) is 2.35. The van der Waals surface area contributed by atoms with E-state index in [2.05, 4.69) is 22.5 Å². The van der Waals surface area contributed by atoms with E-state index >= 15 is 0 Å². The van der Waals surface area contributed by atoms with Gasteiger partial charge in [0.2, 0.25) is 5.91 Å². The molecule has 0 aromatic carbocycles. The summed E-state index contributed by atoms with van der Waals surface area (Å²) in [5.41, 5.74) is -0.469. The van der Waals surface area contributed by atoms with Crippen molar-refractivity contribution >= 4 is 5.91 Å². The fraction of sp³-hybridized carbons (Fsp3) is 0.923. The lowest BCUT2D eigenvalue weighted by molar-refractivity contribution is -0.127. The van der Waals surface area contributed by atoms with Gasteiger partial charge in [-0.2, -0.15) is 0 Å². The summed E-state index contributed by atoms with van der Waals surface area (Å²) in [6.07, 6.45) is 2.28. The monoisotopic (exact) mass is 241 g/mol. The Morgan fingerprint density at radius 1 is 1.41 bits per heavy atom. The van der Waals surface area contributed by atoms with Crippen LogP contribution in [0.5, 0.6) is 0 Å². The fourth-order valence-electron chi connectivity index (χ4n) is 2.35. The van der Waals surface area contributed by atoms with Crippen molar-refractivity contribution in [1.29, 1.82) is 0 Å². The number of nitrogens with one attached hydrogen (secondary N) is 2. The minimum absolute atomic E-state index is 0.113. The standard InChI is InChI=1S/C13H27N3O/c1-5-14-13(3,4)12(17)15-11-8-7-9-16(6-2)10-11/h11,14H,5-10H2,1-4H3,(H,15,17). The second-order valence-corrected chi connectivity index (χ2v) is 5.36. The van der Waals surface area contributed by atoms with E-state index in [9.17, 15) is 4.79 Å². The van der Waals surface area contributed by atoms with E-state index in [1.807, 2.05) is 20.8 Å². The molecular formula is C13H27N3O. The van der Waals surface area contributed by atoms with Crippen molar-refractivity contribution in [2.24, 2.45) is 0 Å². The van der Waals surface area contributed by atoms with Gasteiger partial charge in [-0.15, -0.1) is 0 Å². The molecule has 1 saturated heterocycles. The third-order valence-electron chi connectivity index (χ3n) is 3.47. The van der Waals surface area contributed by atoms with E-state index in [0.717, 1.165) is 26.1 Å². The van der Waals surface area contributed by atoms with Gasteiger partial charge in [0.1, 0.15) is 0 Å². The predicted octanol–water partition coefficient (Wildman–Crippen LogP) is 0.975. The number of hydrogen-bond acceptors (Lipinski definition) is 3. The molecule has 0 saturated carbocycles. The maximum Gasteiger partial charge on any atom is 0.239 e. The summed E-state index contributed by atoms with van der Waals surface area (Å²) < 4.78 is 0. The number of hydrogen-bond donors (Lipinski definition) is 2. The number of nitrogens with zero attached hydrogens (tertiary/aromatic N) is 1. The maximum absolute atomic E-state index is 12.1. The van der Waals surface area contributed by atoms with E-state index in [0.29, 0.717) is 6.04 Å². The molecule has 0 spiro atoms. The smallest absolute Gasteiger partial charge is 0.239 e. The van der Waals surface area contributed by atoms with Crippen LogP contribution in [0.4, 0.5) is 0 Å². The Hall–Kier alpha value is -0.610. The Labute approximate surface area is 105 Å². The lowest BCUT2D eigenvalue weighted by Crippen LogP contribution is -2.57. The van der Waals surface area contributed by atoms with Crippen LogP contribution in [0.2, 0.25) is 0 Å². The van der Waals surface area contributed by atoms with Crippen LogP contribution in [-0.2, 0) is 4.79 Å². The average molecular weight is 241 g/mol. The number of carbonyl (C=O) groups is 1. The van der Waals surface area contributed by atoms with Gasteiger partial charge in [-0.25, -0.2) is 0 Å². The van der Waals surface area contributed by atoms with Gasteiger partial charge in [-0.3, -0.25) is 4.79 Å². The van der Waals surface area contributed by atoms with Crippen molar-refractivity contribution in [3.63, 3.8) is 0 Å². The van der Waals surface area contributed by atoms with Gasteiger partial charge < -0.3 is 15.5 Å². The topological polar surface area (TPSA) is 44.4 Å². The molecule has 0 radical (unpaired) electrons. The van der Waals surface area contributed by atoms with Crippen LogP contribution in [0.25, 0.3) is 0 Å². The first kappa shape index (κ1) is 14.5. The van der Waals surface area contributed by atoms with Gasteiger partial charge in [0.15, 0.2) is 0 Å². The van der Waals surface area contributed by atoms with Gasteiger partial charge in [-0.1, -0.05) is 13.8 Å². The number of piperidine rings is 1. The molecule has 1 fully saturated rings. The Kier molecular flexibility index (Phi) is 5.40. The molecule has 1 atom stereocenters. The molecule has 1 rings (SSSR count). The van der Waals surface area contributed by atoms with Gasteiger partial charge in [-0.05, 0) is 46.3 Å². The van der Waals surface area contributed by atoms with Crippen LogP contribution in [0.15, 0.2) is 0 Å². The first-order chi connectivity index (χ1) is 7.99. The second-order valence-electron chi connectivity index (χ2n) is 5.36. The van der Waals surface area contributed by atoms with Crippen molar-refractivity contribution in [1.82, 2.24) is 15.5 Å². The van der Waals surface area contributed by atoms with Gasteiger partial charge >= 0.3 is 0 Å². The van der Waals surface area contributed by atoms with Crippen LogP contribution < -0.4 is 10.6 Å². The number of carbonyl (C=O) groups excluding carboxylic acids is 1. The number of amides is 1. The lowest BCUT2D eigenvalue weighted by Gasteiger charge is -2.34. The number of likely N-dealkylation sites (N-methyl/N-ethyl adjacent to an activating group) is 2. The van der Waals surface area contributed by atoms with Crippen LogP contribution >= 0.6 is 0 Å². The molecule has 0 aromatic heterocycles. The summed E-state index contributed by atoms with van der Waals surface area (Å²) in [5, 5.41) is 6.38. The molecule has 4 nitrogen and oxygen atoms in total. The Balaban J connectivity index is 2.45. The highest BCUT2D eigenvalue weighted by Gasteiger charge is 2.29. The summed E-state index contributed by atoms with van der Waals surface area (Å²) >= 11 is 0. The van der Waals surface area contributed by atoms with Crippen molar-refractivity contribution in [2.45, 2.75) is 52.1 Å². The molecule has 1 aliphatic rings. The molecule has 4 heteroatoms. The highest BCUT2D eigenvalue weighted by molar-refractivity contribution is 5.85. The zero-order chi connectivity index (χ0) is 12.9. The predicted molar refractivity (Wildman–Crippen MR) is 71.0 cm³/mol. The van der Waals surface area contributed by atoms with Crippen LogP contribution in [-0.4, -0.2) is 48.6 Å². The zero-order valence-corrected chi connectivity index (χ0v) is 11.7. The normalized spacial score (nSPS) is 22.5. The summed E-state index contributed by atoms with van der Waals surface area (Å²) in [7, 11) is 0. The van der Waals surface area contributed by atoms with Crippen LogP contribution in [0, 0.1) is 0 Å². The minimum atomic E-state index is -0.469. The molecule has 0 bridgehead atoms. The van der Waals surface area contributed by atoms with E-state index in [1.165, 1.54) is 13.0 Å². The molecular weight excluding hydrogens is 214 g/mol. The van der Waals surface area contributed by atoms with Gasteiger partial charge in [0, 0.05) is 12.6 Å². The minimum Gasteiger partial charge on any atom is -0.350 e. The average Bonchev–Trinajstić information content (AvgIpc) is 2.29. The van der Waals surface area contributed by atoms with Crippen molar-refractivity contribution in [3.8, 4) is 0 Å². The Morgan fingerprint density at radius 3 is 2.71 bits per heavy atom. The van der Waals surface area contributed by atoms with E-state index in [4.69, 9.17) is 0 Å². The van der Waals surface area contributed by atoms with Crippen LogP contribution in [0.1, 0.15) is 40.5 Å². The molecule has 100 valence electrons. The number of likely N-dealkylation sites (tertiary alicyclic amines) is 1. The third-order valence-corrected chi connectivity index (χ3v) is 3.47. The van der Waals surface area contributed by atoms with Crippen molar-refractivity contribution in [3.05, 3.63) is 0 Å². The quantitative estimate of drug-likeness (QED) is 0.754. The van der Waals surface area contributed by atoms with Crippen LogP contribution in [0.3, 0.4) is 0 Å². The first-order valence-electron chi connectivity index (χ1n) is 6.78. The Bertz CT molecular complexity index is 253. The van der Waals surface area contributed by atoms with Gasteiger partial charge in [0.05, 0.1) is 5.54 Å². The molecule has 0 aliphatic carbocycles. The molecule has 1 heterocycles. The summed E-state index contributed by atoms with van der Waals surface area (Å²) in [6, 6.07) is 0.314. The van der Waals surface area contributed by atoms with Gasteiger partial charge in [0.25, 0.3) is 0 Å². The second kappa shape index (κ2) is 6.36.